The number of ether oxygens (including phenoxy) is 4. The fourth-order valence-electron chi connectivity index (χ4n) is 2.36. The summed E-state index contributed by atoms with van der Waals surface area (Å²) in [5.41, 5.74) is 1.68. The number of rotatable bonds is 5. The standard InChI is InChI=1S/C19H17NO5/c1-22-14-7-4-12(5-8-14)10-15-19(21)25-18(20-15)13-6-9-16(23-2)17(11-13)24-3/h4-11H,1-3H3/b15-10+. The van der Waals surface area contributed by atoms with Gasteiger partial charge in [-0.2, -0.15) is 0 Å². The van der Waals surface area contributed by atoms with E-state index in [2.05, 4.69) is 4.99 Å². The van der Waals surface area contributed by atoms with Crippen LogP contribution in [0.3, 0.4) is 0 Å². The van der Waals surface area contributed by atoms with Crippen LogP contribution in [0.5, 0.6) is 17.2 Å². The zero-order valence-corrected chi connectivity index (χ0v) is 14.1. The van der Waals surface area contributed by atoms with Crippen molar-refractivity contribution in [3.05, 3.63) is 59.3 Å². The fourth-order valence-corrected chi connectivity index (χ4v) is 2.36. The molecule has 2 aromatic carbocycles. The molecule has 128 valence electrons. The van der Waals surface area contributed by atoms with Gasteiger partial charge < -0.3 is 18.9 Å². The number of nitrogens with zero attached hydrogens (tertiary/aromatic N) is 1. The average molecular weight is 339 g/mol. The summed E-state index contributed by atoms with van der Waals surface area (Å²) in [6.45, 7) is 0. The van der Waals surface area contributed by atoms with Crippen molar-refractivity contribution in [1.82, 2.24) is 0 Å². The first-order valence-electron chi connectivity index (χ1n) is 7.53. The Bertz CT molecular complexity index is 853. The maximum atomic E-state index is 12.1. The summed E-state index contributed by atoms with van der Waals surface area (Å²) in [6.07, 6.45) is 1.66. The SMILES string of the molecule is COc1ccc(/C=C2/N=C(c3ccc(OC)c(OC)c3)OC2=O)cc1. The van der Waals surface area contributed by atoms with Gasteiger partial charge >= 0.3 is 5.97 Å². The van der Waals surface area contributed by atoms with Crippen molar-refractivity contribution in [2.75, 3.05) is 21.3 Å². The average Bonchev–Trinajstić information content (AvgIpc) is 3.02. The second kappa shape index (κ2) is 7.09. The molecule has 0 aliphatic carbocycles. The lowest BCUT2D eigenvalue weighted by atomic mass is 10.2. The van der Waals surface area contributed by atoms with Gasteiger partial charge in [0.05, 0.1) is 21.3 Å². The van der Waals surface area contributed by atoms with Gasteiger partial charge in [-0.05, 0) is 42.0 Å². The molecule has 0 spiro atoms. The number of hydrogen-bond donors (Lipinski definition) is 0. The van der Waals surface area contributed by atoms with E-state index in [0.29, 0.717) is 17.1 Å². The molecule has 1 aliphatic heterocycles. The summed E-state index contributed by atoms with van der Waals surface area (Å²) in [7, 11) is 4.70. The molecule has 6 nitrogen and oxygen atoms in total. The number of carbonyl (C=O) groups excluding carboxylic acids is 1. The molecule has 0 amide bonds. The highest BCUT2D eigenvalue weighted by molar-refractivity contribution is 6.13. The van der Waals surface area contributed by atoms with Crippen LogP contribution in [0.15, 0.2) is 53.2 Å². The van der Waals surface area contributed by atoms with E-state index in [9.17, 15) is 4.79 Å². The highest BCUT2D eigenvalue weighted by Gasteiger charge is 2.25. The Kier molecular flexibility index (Phi) is 4.70. The Morgan fingerprint density at radius 2 is 1.64 bits per heavy atom. The van der Waals surface area contributed by atoms with Gasteiger partial charge in [0.2, 0.25) is 5.90 Å². The minimum absolute atomic E-state index is 0.228. The maximum Gasteiger partial charge on any atom is 0.363 e. The van der Waals surface area contributed by atoms with E-state index in [0.717, 1.165) is 11.3 Å². The predicted octanol–water partition coefficient (Wildman–Crippen LogP) is 3.06. The highest BCUT2D eigenvalue weighted by Crippen LogP contribution is 2.29. The van der Waals surface area contributed by atoms with E-state index in [1.165, 1.54) is 0 Å². The Balaban J connectivity index is 1.90. The van der Waals surface area contributed by atoms with Gasteiger partial charge in [-0.3, -0.25) is 0 Å². The van der Waals surface area contributed by atoms with E-state index in [-0.39, 0.29) is 11.6 Å². The molecule has 0 radical (unpaired) electrons. The number of hydrogen-bond acceptors (Lipinski definition) is 6. The molecule has 0 fully saturated rings. The Morgan fingerprint density at radius 1 is 0.920 bits per heavy atom. The minimum atomic E-state index is -0.499. The summed E-state index contributed by atoms with van der Waals surface area (Å²) in [4.78, 5) is 16.4. The molecular formula is C19H17NO5. The predicted molar refractivity (Wildman–Crippen MR) is 93.1 cm³/mol. The van der Waals surface area contributed by atoms with Crippen LogP contribution >= 0.6 is 0 Å². The van der Waals surface area contributed by atoms with Crippen LogP contribution in [0.1, 0.15) is 11.1 Å². The summed E-state index contributed by atoms with van der Waals surface area (Å²) in [6, 6.07) is 12.5. The van der Waals surface area contributed by atoms with Gasteiger partial charge in [0, 0.05) is 5.56 Å². The smallest absolute Gasteiger partial charge is 0.363 e. The number of aliphatic imine (C=N–C) groups is 1. The van der Waals surface area contributed by atoms with E-state index < -0.39 is 5.97 Å². The lowest BCUT2D eigenvalue weighted by Crippen LogP contribution is -2.05. The minimum Gasteiger partial charge on any atom is -0.497 e. The molecule has 0 aromatic heterocycles. The molecule has 6 heteroatoms. The van der Waals surface area contributed by atoms with Crippen molar-refractivity contribution >= 4 is 17.9 Å². The lowest BCUT2D eigenvalue weighted by Gasteiger charge is -2.08. The number of methoxy groups -OCH3 is 3. The molecule has 0 bridgehead atoms. The molecular weight excluding hydrogens is 322 g/mol. The Morgan fingerprint density at radius 3 is 2.28 bits per heavy atom. The number of carbonyl (C=O) groups is 1. The zero-order valence-electron chi connectivity index (χ0n) is 14.1. The first kappa shape index (κ1) is 16.6. The van der Waals surface area contributed by atoms with Crippen molar-refractivity contribution < 1.29 is 23.7 Å². The third kappa shape index (κ3) is 3.47. The number of esters is 1. The van der Waals surface area contributed by atoms with Crippen molar-refractivity contribution in [3.63, 3.8) is 0 Å². The number of cyclic esters (lactones) is 1. The van der Waals surface area contributed by atoms with E-state index in [1.807, 2.05) is 24.3 Å². The molecule has 0 unspecified atom stereocenters. The molecule has 25 heavy (non-hydrogen) atoms. The largest absolute Gasteiger partial charge is 0.497 e. The molecule has 0 N–H and O–H groups in total. The highest BCUT2D eigenvalue weighted by atomic mass is 16.6. The van der Waals surface area contributed by atoms with Crippen LogP contribution in [-0.4, -0.2) is 33.2 Å². The van der Waals surface area contributed by atoms with Gasteiger partial charge in [0.25, 0.3) is 0 Å². The molecule has 1 heterocycles. The molecule has 3 rings (SSSR count). The third-order valence-electron chi connectivity index (χ3n) is 3.67. The third-order valence-corrected chi connectivity index (χ3v) is 3.67. The maximum absolute atomic E-state index is 12.1. The van der Waals surface area contributed by atoms with Crippen molar-refractivity contribution in [3.8, 4) is 17.2 Å². The Labute approximate surface area is 145 Å². The molecule has 0 saturated carbocycles. The first-order chi connectivity index (χ1) is 12.1. The lowest BCUT2D eigenvalue weighted by molar-refractivity contribution is -0.129. The number of benzene rings is 2. The topological polar surface area (TPSA) is 66.3 Å². The second-order valence-corrected chi connectivity index (χ2v) is 5.18. The monoisotopic (exact) mass is 339 g/mol. The van der Waals surface area contributed by atoms with Gasteiger partial charge in [-0.25, -0.2) is 9.79 Å². The van der Waals surface area contributed by atoms with Gasteiger partial charge in [-0.15, -0.1) is 0 Å². The van der Waals surface area contributed by atoms with Crippen LogP contribution in [0.25, 0.3) is 6.08 Å². The molecule has 1 aliphatic rings. The van der Waals surface area contributed by atoms with Crippen LogP contribution < -0.4 is 14.2 Å². The van der Waals surface area contributed by atoms with E-state index in [1.54, 1.807) is 45.6 Å². The van der Waals surface area contributed by atoms with E-state index >= 15 is 0 Å². The van der Waals surface area contributed by atoms with Crippen molar-refractivity contribution in [2.45, 2.75) is 0 Å². The summed E-state index contributed by atoms with van der Waals surface area (Å²) in [5.74, 6) is 1.59. The van der Waals surface area contributed by atoms with Crippen LogP contribution in [-0.2, 0) is 9.53 Å². The second-order valence-electron chi connectivity index (χ2n) is 5.18. The summed E-state index contributed by atoms with van der Waals surface area (Å²) in [5, 5.41) is 0. The van der Waals surface area contributed by atoms with Crippen LogP contribution in [0.2, 0.25) is 0 Å². The Hall–Kier alpha value is -3.28. The van der Waals surface area contributed by atoms with Crippen molar-refractivity contribution in [2.24, 2.45) is 4.99 Å². The van der Waals surface area contributed by atoms with Gasteiger partial charge in [0.15, 0.2) is 17.2 Å². The fraction of sp³-hybridized carbons (Fsp3) is 0.158. The normalized spacial score (nSPS) is 14.9. The van der Waals surface area contributed by atoms with Gasteiger partial charge in [-0.1, -0.05) is 12.1 Å². The molecule has 0 atom stereocenters. The molecule has 0 saturated heterocycles. The summed E-state index contributed by atoms with van der Waals surface area (Å²) >= 11 is 0. The summed E-state index contributed by atoms with van der Waals surface area (Å²) < 4.78 is 20.8. The van der Waals surface area contributed by atoms with Gasteiger partial charge in [0.1, 0.15) is 5.75 Å². The first-order valence-corrected chi connectivity index (χ1v) is 7.53. The molecule has 2 aromatic rings. The van der Waals surface area contributed by atoms with Crippen molar-refractivity contribution in [1.29, 1.82) is 0 Å². The quantitative estimate of drug-likeness (QED) is 0.619. The van der Waals surface area contributed by atoms with E-state index in [4.69, 9.17) is 18.9 Å². The van der Waals surface area contributed by atoms with Crippen LogP contribution in [0, 0.1) is 0 Å². The van der Waals surface area contributed by atoms with Crippen LogP contribution in [0.4, 0.5) is 0 Å². The zero-order chi connectivity index (χ0) is 17.8.